The summed E-state index contributed by atoms with van der Waals surface area (Å²) < 4.78 is 61.2. The summed E-state index contributed by atoms with van der Waals surface area (Å²) in [6.07, 6.45) is 2.33. The number of hydrogen-bond acceptors (Lipinski definition) is 8. The number of rotatable bonds is 8. The Kier molecular flexibility index (Phi) is 8.86. The normalized spacial score (nSPS) is 18.4. The lowest BCUT2D eigenvalue weighted by atomic mass is 10.2. The topological polar surface area (TPSA) is 144 Å². The van der Waals surface area contributed by atoms with Crippen molar-refractivity contribution < 1.29 is 27.1 Å². The maximum Gasteiger partial charge on any atom is 0.407 e. The molecule has 3 atom stereocenters. The van der Waals surface area contributed by atoms with Crippen LogP contribution in [-0.2, 0) is 33.6 Å². The van der Waals surface area contributed by atoms with Crippen molar-refractivity contribution in [2.45, 2.75) is 69.2 Å². The van der Waals surface area contributed by atoms with Crippen LogP contribution in [0.3, 0.4) is 0 Å². The van der Waals surface area contributed by atoms with Crippen LogP contribution in [0, 0.1) is 5.95 Å². The SMILES string of the molecule is C=C(C)CO[C@H]1C[C@@H](n2c(=O)n(C)c3cnc4c(c(Br)c(-c5cn(C)nc5F)n4S(=O)(=O)c4ccccc4)c32)C[C@@H]1NC(=O)OC(C)(C)C. The van der Waals surface area contributed by atoms with Gasteiger partial charge in [0.25, 0.3) is 10.0 Å². The first-order valence-electron chi connectivity index (χ1n) is 15.5. The summed E-state index contributed by atoms with van der Waals surface area (Å²) in [5.74, 6) is -0.887. The van der Waals surface area contributed by atoms with Gasteiger partial charge in [-0.25, -0.2) is 27.0 Å². The minimum Gasteiger partial charge on any atom is -0.444 e. The smallest absolute Gasteiger partial charge is 0.407 e. The molecule has 0 aliphatic heterocycles. The molecule has 6 rings (SSSR count). The molecule has 1 N–H and O–H groups in total. The van der Waals surface area contributed by atoms with Crippen molar-refractivity contribution in [1.82, 2.24) is 33.2 Å². The number of aryl methyl sites for hydroxylation is 2. The quantitative estimate of drug-likeness (QED) is 0.207. The van der Waals surface area contributed by atoms with Crippen molar-refractivity contribution in [3.05, 3.63) is 75.8 Å². The molecular formula is C33H37BrFN7O6S. The van der Waals surface area contributed by atoms with Crippen LogP contribution < -0.4 is 11.0 Å². The van der Waals surface area contributed by atoms with E-state index in [1.54, 1.807) is 50.6 Å². The van der Waals surface area contributed by atoms with Gasteiger partial charge < -0.3 is 14.8 Å². The van der Waals surface area contributed by atoms with Gasteiger partial charge in [-0.2, -0.15) is 4.39 Å². The zero-order valence-corrected chi connectivity index (χ0v) is 30.3. The van der Waals surface area contributed by atoms with Gasteiger partial charge in [-0.15, -0.1) is 5.10 Å². The first-order chi connectivity index (χ1) is 23.0. The molecule has 0 unspecified atom stereocenters. The molecule has 0 radical (unpaired) electrons. The van der Waals surface area contributed by atoms with Crippen LogP contribution >= 0.6 is 15.9 Å². The Morgan fingerprint density at radius 3 is 2.49 bits per heavy atom. The highest BCUT2D eigenvalue weighted by molar-refractivity contribution is 9.10. The van der Waals surface area contributed by atoms with E-state index in [4.69, 9.17) is 9.47 Å². The molecule has 1 fully saturated rings. The lowest BCUT2D eigenvalue weighted by Gasteiger charge is -2.24. The highest BCUT2D eigenvalue weighted by atomic mass is 79.9. The molecule has 1 aromatic carbocycles. The van der Waals surface area contributed by atoms with Crippen molar-refractivity contribution in [2.24, 2.45) is 14.1 Å². The minimum atomic E-state index is -4.36. The molecule has 4 heterocycles. The number of alkyl carbamates (subject to hydrolysis) is 1. The largest absolute Gasteiger partial charge is 0.444 e. The second-order valence-corrected chi connectivity index (χ2v) is 15.9. The highest BCUT2D eigenvalue weighted by Gasteiger charge is 2.41. The first-order valence-corrected chi connectivity index (χ1v) is 17.8. The molecule has 1 aliphatic rings. The molecule has 1 saturated carbocycles. The van der Waals surface area contributed by atoms with Crippen LogP contribution in [0.2, 0.25) is 0 Å². The summed E-state index contributed by atoms with van der Waals surface area (Å²) >= 11 is 3.61. The summed E-state index contributed by atoms with van der Waals surface area (Å²) in [7, 11) is -1.23. The number of carbonyl (C=O) groups excluding carboxylic acids is 1. The van der Waals surface area contributed by atoms with Crippen LogP contribution in [0.5, 0.6) is 0 Å². The highest BCUT2D eigenvalue weighted by Crippen LogP contribution is 2.44. The summed E-state index contributed by atoms with van der Waals surface area (Å²) in [4.78, 5) is 31.5. The number of ether oxygens (including phenoxy) is 2. The van der Waals surface area contributed by atoms with Gasteiger partial charge in [0.2, 0.25) is 5.95 Å². The van der Waals surface area contributed by atoms with Crippen LogP contribution in [-0.4, -0.2) is 66.7 Å². The fraction of sp³-hybridized carbons (Fsp3) is 0.394. The Balaban J connectivity index is 1.59. The maximum absolute atomic E-state index is 15.4. The molecule has 1 aliphatic carbocycles. The Bertz CT molecular complexity index is 2280. The van der Waals surface area contributed by atoms with Crippen molar-refractivity contribution in [2.75, 3.05) is 6.61 Å². The minimum absolute atomic E-state index is 0.0164. The molecule has 5 aromatic rings. The molecule has 0 bridgehead atoms. The van der Waals surface area contributed by atoms with E-state index in [9.17, 15) is 18.0 Å². The molecular weight excluding hydrogens is 721 g/mol. The molecule has 0 saturated heterocycles. The van der Waals surface area contributed by atoms with Gasteiger partial charge in [-0.1, -0.05) is 30.4 Å². The Morgan fingerprint density at radius 1 is 1.18 bits per heavy atom. The zero-order valence-electron chi connectivity index (χ0n) is 27.9. The molecule has 16 heteroatoms. The Morgan fingerprint density at radius 2 is 1.88 bits per heavy atom. The van der Waals surface area contributed by atoms with Gasteiger partial charge in [0.1, 0.15) is 5.60 Å². The van der Waals surface area contributed by atoms with Crippen molar-refractivity contribution in [1.29, 1.82) is 0 Å². The maximum atomic E-state index is 15.4. The third-order valence-corrected chi connectivity index (χ3v) is 10.8. The van der Waals surface area contributed by atoms with E-state index in [0.717, 1.165) is 9.55 Å². The number of halogens is 2. The van der Waals surface area contributed by atoms with Gasteiger partial charge in [0.15, 0.2) is 5.65 Å². The predicted octanol–water partition coefficient (Wildman–Crippen LogP) is 5.42. The third-order valence-electron chi connectivity index (χ3n) is 8.34. The van der Waals surface area contributed by atoms with Gasteiger partial charge >= 0.3 is 11.8 Å². The second kappa shape index (κ2) is 12.6. The number of fused-ring (bicyclic) bond motifs is 3. The van der Waals surface area contributed by atoms with Gasteiger partial charge in [-0.3, -0.25) is 13.8 Å². The number of amides is 1. The number of nitrogens with zero attached hydrogens (tertiary/aromatic N) is 6. The summed E-state index contributed by atoms with van der Waals surface area (Å²) in [5.41, 5.74) is 0.350. The first kappa shape index (κ1) is 34.6. The fourth-order valence-electron chi connectivity index (χ4n) is 6.35. The van der Waals surface area contributed by atoms with Gasteiger partial charge in [0.05, 0.1) is 62.0 Å². The van der Waals surface area contributed by atoms with Gasteiger partial charge in [-0.05, 0) is 68.6 Å². The number of hydrogen-bond donors (Lipinski definition) is 1. The van der Waals surface area contributed by atoms with E-state index in [-0.39, 0.29) is 44.0 Å². The number of aromatic nitrogens is 6. The summed E-state index contributed by atoms with van der Waals surface area (Å²) in [5, 5.41) is 7.03. The average molecular weight is 759 g/mol. The lowest BCUT2D eigenvalue weighted by molar-refractivity contribution is 0.0308. The molecule has 49 heavy (non-hydrogen) atoms. The van der Waals surface area contributed by atoms with E-state index in [1.165, 1.54) is 40.8 Å². The third kappa shape index (κ3) is 6.21. The monoisotopic (exact) mass is 757 g/mol. The van der Waals surface area contributed by atoms with Crippen molar-refractivity contribution in [3.8, 4) is 11.3 Å². The van der Waals surface area contributed by atoms with Crippen LogP contribution in [0.15, 0.2) is 69.0 Å². The van der Waals surface area contributed by atoms with Crippen LogP contribution in [0.25, 0.3) is 33.3 Å². The molecule has 13 nitrogen and oxygen atoms in total. The molecule has 4 aromatic heterocycles. The van der Waals surface area contributed by atoms with Crippen molar-refractivity contribution in [3.63, 3.8) is 0 Å². The zero-order chi connectivity index (χ0) is 35.6. The summed E-state index contributed by atoms with van der Waals surface area (Å²) in [6.45, 7) is 11.3. The number of pyridine rings is 1. The van der Waals surface area contributed by atoms with Crippen LogP contribution in [0.1, 0.15) is 46.6 Å². The Labute approximate surface area is 290 Å². The summed E-state index contributed by atoms with van der Waals surface area (Å²) in [6, 6.07) is 6.73. The number of benzene rings is 1. The van der Waals surface area contributed by atoms with Crippen LogP contribution in [0.4, 0.5) is 9.18 Å². The van der Waals surface area contributed by atoms with E-state index in [0.29, 0.717) is 23.9 Å². The predicted molar refractivity (Wildman–Crippen MR) is 185 cm³/mol. The Hall–Kier alpha value is -4.28. The molecule has 260 valence electrons. The van der Waals surface area contributed by atoms with Gasteiger partial charge in [0, 0.05) is 26.3 Å². The molecule has 1 amide bonds. The molecule has 0 spiro atoms. The average Bonchev–Trinajstić information content (AvgIpc) is 3.72. The van der Waals surface area contributed by atoms with Crippen molar-refractivity contribution >= 4 is 54.1 Å². The van der Waals surface area contributed by atoms with E-state index >= 15 is 4.39 Å². The van der Waals surface area contributed by atoms with E-state index in [2.05, 4.69) is 37.9 Å². The standard InChI is InChI=1S/C33H37BrFN7O6S/c1-18(2)17-47-24-14-19(13-22(24)37-31(43)48-33(3,4)5)41-28-23(40(7)32(41)44)15-36-30-25(28)26(34)27(21-16-39(6)38-29(21)35)42(30)49(45,46)20-11-9-8-10-12-20/h8-12,15-16,19,22,24H,1,13-14,17H2,2-7H3,(H,37,43)/t19-,22-,24-/m0/s1. The number of nitrogens with one attached hydrogen (secondary N) is 1. The van der Waals surface area contributed by atoms with E-state index in [1.807, 2.05) is 6.92 Å². The van der Waals surface area contributed by atoms with E-state index < -0.39 is 45.9 Å². The lowest BCUT2D eigenvalue weighted by Crippen LogP contribution is -2.43. The fourth-order valence-corrected chi connectivity index (χ4v) is 8.73. The number of carbonyl (C=O) groups is 1. The number of imidazole rings is 1. The second-order valence-electron chi connectivity index (χ2n) is 13.3.